The van der Waals surface area contributed by atoms with Crippen molar-refractivity contribution in [2.24, 2.45) is 0 Å². The van der Waals surface area contributed by atoms with E-state index in [0.717, 1.165) is 64.8 Å². The summed E-state index contributed by atoms with van der Waals surface area (Å²) < 4.78 is 23.1. The largest absolute Gasteiger partial charge is 0.444 e. The summed E-state index contributed by atoms with van der Waals surface area (Å²) in [7, 11) is -1.16. The van der Waals surface area contributed by atoms with E-state index in [1.807, 2.05) is 41.5 Å². The molecule has 2 fully saturated rings. The lowest BCUT2D eigenvalue weighted by atomic mass is 10.2. The number of nitrogens with zero attached hydrogens (tertiary/aromatic N) is 1. The van der Waals surface area contributed by atoms with Crippen molar-refractivity contribution < 1.29 is 27.9 Å². The molecule has 0 spiro atoms. The molecule has 49 heavy (non-hydrogen) atoms. The van der Waals surface area contributed by atoms with Crippen molar-refractivity contribution in [2.75, 3.05) is 33.4 Å². The highest BCUT2D eigenvalue weighted by molar-refractivity contribution is 6.74. The Morgan fingerprint density at radius 1 is 0.633 bits per heavy atom. The Kier molecular flexibility index (Phi) is 17.3. The van der Waals surface area contributed by atoms with Crippen LogP contribution >= 0.6 is 0 Å². The van der Waals surface area contributed by atoms with Crippen LogP contribution in [0.1, 0.15) is 122 Å². The SMILES string of the molecule is CC(C)(C)OC(=O)N[C@H]1CC[C@@H](NCCO[Si](C)(C)C(C)(C)C)C1.CN(CCO[Si](C)(C)C(C)(C)C)[C@@H]1CC[C@H](NC(=O)OC(C)(C)C)C1. The van der Waals surface area contributed by atoms with Crippen LogP contribution in [0.25, 0.3) is 0 Å². The van der Waals surface area contributed by atoms with Gasteiger partial charge >= 0.3 is 12.2 Å². The van der Waals surface area contributed by atoms with Crippen LogP contribution in [0.2, 0.25) is 36.3 Å². The standard InChI is InChI=1S/C19H40N2O3Si.C18H38N2O3Si/c1-18(2,3)24-17(22)20-15-10-11-16(14-15)21(7)12-13-23-25(8,9)19(4,5)6;1-17(2,3)23-16(21)20-15-10-9-14(13-15)19-11-12-22-24(7,8)18(4,5)6/h15-16H,10-14H2,1-9H3,(H,20,22);14-15,19H,9-13H2,1-8H3,(H,20,21)/t15-,16+;14-,15+/m01/s1. The Balaban J connectivity index is 0.000000490. The molecule has 0 heterocycles. The topological polar surface area (TPSA) is 110 Å². The highest BCUT2D eigenvalue weighted by Gasteiger charge is 2.38. The van der Waals surface area contributed by atoms with Gasteiger partial charge < -0.3 is 39.2 Å². The van der Waals surface area contributed by atoms with Gasteiger partial charge in [-0.2, -0.15) is 0 Å². The summed E-state index contributed by atoms with van der Waals surface area (Å²) in [6.45, 7) is 37.4. The molecule has 12 heteroatoms. The molecule has 2 aliphatic carbocycles. The highest BCUT2D eigenvalue weighted by Crippen LogP contribution is 2.37. The van der Waals surface area contributed by atoms with Gasteiger partial charge in [0.05, 0.1) is 0 Å². The normalized spacial score (nSPS) is 22.4. The lowest BCUT2D eigenvalue weighted by Gasteiger charge is -2.37. The minimum Gasteiger partial charge on any atom is -0.444 e. The Morgan fingerprint density at radius 2 is 1.04 bits per heavy atom. The van der Waals surface area contributed by atoms with Crippen LogP contribution in [-0.2, 0) is 18.3 Å². The molecule has 0 aromatic heterocycles. The minimum absolute atomic E-state index is 0.207. The summed E-state index contributed by atoms with van der Waals surface area (Å²) in [6, 6.07) is 1.37. The minimum atomic E-state index is -1.67. The molecule has 2 amide bonds. The Hall–Kier alpha value is -1.19. The van der Waals surface area contributed by atoms with E-state index in [1.165, 1.54) is 0 Å². The summed E-state index contributed by atoms with van der Waals surface area (Å²) >= 11 is 0. The maximum Gasteiger partial charge on any atom is 0.407 e. The van der Waals surface area contributed by atoms with Crippen LogP contribution in [0.5, 0.6) is 0 Å². The second-order valence-electron chi connectivity index (χ2n) is 19.3. The number of carbonyl (C=O) groups is 2. The molecule has 0 unspecified atom stereocenters. The summed E-state index contributed by atoms with van der Waals surface area (Å²) in [5.74, 6) is 0. The molecule has 0 aliphatic heterocycles. The summed E-state index contributed by atoms with van der Waals surface area (Å²) in [4.78, 5) is 26.1. The van der Waals surface area contributed by atoms with Gasteiger partial charge in [0.25, 0.3) is 0 Å². The number of likely N-dealkylation sites (N-methyl/N-ethyl adjacent to an activating group) is 1. The molecule has 2 saturated carbocycles. The number of nitrogens with one attached hydrogen (secondary N) is 3. The maximum absolute atomic E-state index is 11.9. The van der Waals surface area contributed by atoms with Gasteiger partial charge in [0, 0.05) is 50.5 Å². The first kappa shape index (κ1) is 45.8. The number of alkyl carbamates (subject to hydrolysis) is 2. The van der Waals surface area contributed by atoms with Crippen molar-refractivity contribution in [1.82, 2.24) is 20.9 Å². The van der Waals surface area contributed by atoms with Crippen molar-refractivity contribution in [3.63, 3.8) is 0 Å². The Labute approximate surface area is 303 Å². The number of ether oxygens (including phenoxy) is 2. The third-order valence-corrected chi connectivity index (χ3v) is 19.5. The van der Waals surface area contributed by atoms with Crippen LogP contribution in [0, 0.1) is 0 Å². The van der Waals surface area contributed by atoms with E-state index in [-0.39, 0.29) is 34.3 Å². The van der Waals surface area contributed by atoms with Crippen molar-refractivity contribution in [3.8, 4) is 0 Å². The monoisotopic (exact) mass is 731 g/mol. The average molecular weight is 731 g/mol. The Bertz CT molecular complexity index is 1010. The third kappa shape index (κ3) is 18.2. The quantitative estimate of drug-likeness (QED) is 0.136. The first-order valence-corrected chi connectivity index (χ1v) is 24.5. The van der Waals surface area contributed by atoms with E-state index < -0.39 is 27.8 Å². The van der Waals surface area contributed by atoms with Crippen molar-refractivity contribution in [2.45, 2.75) is 193 Å². The van der Waals surface area contributed by atoms with Crippen molar-refractivity contribution in [3.05, 3.63) is 0 Å². The number of hydrogen-bond acceptors (Lipinski definition) is 8. The molecule has 2 rings (SSSR count). The predicted molar refractivity (Wildman–Crippen MR) is 209 cm³/mol. The fourth-order valence-corrected chi connectivity index (χ4v) is 7.45. The van der Waals surface area contributed by atoms with Gasteiger partial charge in [0.2, 0.25) is 0 Å². The molecule has 2 aliphatic rings. The summed E-state index contributed by atoms with van der Waals surface area (Å²) in [6.07, 6.45) is 5.53. The zero-order valence-electron chi connectivity index (χ0n) is 34.8. The molecular formula is C37H78N4O6Si2. The molecular weight excluding hydrogens is 653 g/mol. The maximum atomic E-state index is 11.9. The van der Waals surface area contributed by atoms with Crippen LogP contribution < -0.4 is 16.0 Å². The second kappa shape index (κ2) is 18.5. The van der Waals surface area contributed by atoms with E-state index in [2.05, 4.69) is 95.6 Å². The van der Waals surface area contributed by atoms with E-state index >= 15 is 0 Å². The smallest absolute Gasteiger partial charge is 0.407 e. The fourth-order valence-electron chi connectivity index (χ4n) is 5.37. The molecule has 0 aromatic carbocycles. The van der Waals surface area contributed by atoms with Crippen LogP contribution in [0.3, 0.4) is 0 Å². The van der Waals surface area contributed by atoms with Gasteiger partial charge in [0.1, 0.15) is 11.2 Å². The average Bonchev–Trinajstić information content (AvgIpc) is 3.52. The van der Waals surface area contributed by atoms with Crippen molar-refractivity contribution >= 4 is 28.8 Å². The van der Waals surface area contributed by atoms with E-state index in [9.17, 15) is 9.59 Å². The van der Waals surface area contributed by atoms with Crippen LogP contribution in [-0.4, -0.2) is 102 Å². The summed E-state index contributed by atoms with van der Waals surface area (Å²) in [5, 5.41) is 10.0. The molecule has 0 radical (unpaired) electrons. The molecule has 10 nitrogen and oxygen atoms in total. The van der Waals surface area contributed by atoms with E-state index in [1.54, 1.807) is 0 Å². The van der Waals surface area contributed by atoms with E-state index in [4.69, 9.17) is 18.3 Å². The first-order valence-electron chi connectivity index (χ1n) is 18.7. The van der Waals surface area contributed by atoms with E-state index in [0.29, 0.717) is 12.1 Å². The zero-order chi connectivity index (χ0) is 38.1. The summed E-state index contributed by atoms with van der Waals surface area (Å²) in [5.41, 5.74) is -0.888. The lowest BCUT2D eigenvalue weighted by molar-refractivity contribution is 0.0492. The lowest BCUT2D eigenvalue weighted by Crippen LogP contribution is -2.43. The molecule has 0 saturated heterocycles. The Morgan fingerprint density at radius 3 is 1.49 bits per heavy atom. The molecule has 290 valence electrons. The molecule has 3 N–H and O–H groups in total. The van der Waals surface area contributed by atoms with Gasteiger partial charge in [-0.25, -0.2) is 9.59 Å². The second-order valence-corrected chi connectivity index (χ2v) is 28.9. The number of carbonyl (C=O) groups excluding carboxylic acids is 2. The molecule has 0 aromatic rings. The van der Waals surface area contributed by atoms with Gasteiger partial charge in [0.15, 0.2) is 16.6 Å². The third-order valence-electron chi connectivity index (χ3n) is 10.4. The first-order chi connectivity index (χ1) is 22.0. The number of hydrogen-bond donors (Lipinski definition) is 3. The predicted octanol–water partition coefficient (Wildman–Crippen LogP) is 8.43. The van der Waals surface area contributed by atoms with Crippen LogP contribution in [0.15, 0.2) is 0 Å². The number of amides is 2. The zero-order valence-corrected chi connectivity index (χ0v) is 36.8. The van der Waals surface area contributed by atoms with Gasteiger partial charge in [-0.15, -0.1) is 0 Å². The molecule has 4 atom stereocenters. The number of rotatable bonds is 12. The van der Waals surface area contributed by atoms with Gasteiger partial charge in [-0.05, 0) is 123 Å². The highest BCUT2D eigenvalue weighted by atomic mass is 28.4. The van der Waals surface area contributed by atoms with Crippen molar-refractivity contribution in [1.29, 1.82) is 0 Å². The molecule has 0 bridgehead atoms. The van der Waals surface area contributed by atoms with Gasteiger partial charge in [-0.3, -0.25) is 0 Å². The fraction of sp³-hybridized carbons (Fsp3) is 0.946. The van der Waals surface area contributed by atoms with Crippen LogP contribution in [0.4, 0.5) is 9.59 Å². The van der Waals surface area contributed by atoms with Gasteiger partial charge in [-0.1, -0.05) is 41.5 Å².